The summed E-state index contributed by atoms with van der Waals surface area (Å²) in [5.41, 5.74) is 8.83. The van der Waals surface area contributed by atoms with E-state index < -0.39 is 0 Å². The second-order valence-electron chi connectivity index (χ2n) is 8.48. The van der Waals surface area contributed by atoms with E-state index in [9.17, 15) is 0 Å². The number of hydrogen-bond acceptors (Lipinski definition) is 6. The maximum Gasteiger partial charge on any atom is 0.228 e. The molecule has 4 heterocycles. The van der Waals surface area contributed by atoms with Crippen molar-refractivity contribution in [2.24, 2.45) is 0 Å². The maximum atomic E-state index is 5.94. The van der Waals surface area contributed by atoms with E-state index in [4.69, 9.17) is 8.83 Å². The van der Waals surface area contributed by atoms with Crippen molar-refractivity contribution >= 4 is 22.2 Å². The van der Waals surface area contributed by atoms with Crippen LogP contribution < -0.4 is 0 Å². The van der Waals surface area contributed by atoms with E-state index in [0.29, 0.717) is 11.8 Å². The Labute approximate surface area is 205 Å². The van der Waals surface area contributed by atoms with Gasteiger partial charge in [0.05, 0.1) is 11.1 Å². The number of pyridine rings is 2. The molecule has 0 fully saturated rings. The summed E-state index contributed by atoms with van der Waals surface area (Å²) in [4.78, 5) is 18.1. The summed E-state index contributed by atoms with van der Waals surface area (Å²) in [5, 5.41) is 0. The molecule has 0 radical (unpaired) electrons. The average molecular weight is 467 g/mol. The number of benzene rings is 3. The fourth-order valence-electron chi connectivity index (χ4n) is 4.30. The van der Waals surface area contributed by atoms with Gasteiger partial charge in [-0.2, -0.15) is 0 Å². The van der Waals surface area contributed by atoms with Crippen LogP contribution in [0.4, 0.5) is 0 Å². The minimum atomic E-state index is 0.553. The van der Waals surface area contributed by atoms with Crippen LogP contribution in [0, 0.1) is 0 Å². The Morgan fingerprint density at radius 1 is 0.417 bits per heavy atom. The van der Waals surface area contributed by atoms with E-state index in [1.165, 1.54) is 0 Å². The summed E-state index contributed by atoms with van der Waals surface area (Å²) in [5.74, 6) is 1.11. The highest BCUT2D eigenvalue weighted by Gasteiger charge is 2.12. The smallest absolute Gasteiger partial charge is 0.228 e. The molecule has 0 N–H and O–H groups in total. The number of hydrogen-bond donors (Lipinski definition) is 0. The predicted molar refractivity (Wildman–Crippen MR) is 139 cm³/mol. The van der Waals surface area contributed by atoms with Gasteiger partial charge < -0.3 is 8.83 Å². The van der Waals surface area contributed by atoms with E-state index in [-0.39, 0.29) is 0 Å². The fraction of sp³-hybridized carbons (Fsp3) is 0. The van der Waals surface area contributed by atoms with Crippen LogP contribution >= 0.6 is 0 Å². The van der Waals surface area contributed by atoms with Crippen LogP contribution in [0.3, 0.4) is 0 Å². The molecule has 6 nitrogen and oxygen atoms in total. The lowest BCUT2D eigenvalue weighted by Crippen LogP contribution is -1.87. The highest BCUT2D eigenvalue weighted by atomic mass is 16.4. The lowest BCUT2D eigenvalue weighted by atomic mass is 9.99. The van der Waals surface area contributed by atoms with Crippen LogP contribution in [0.1, 0.15) is 0 Å². The highest BCUT2D eigenvalue weighted by molar-refractivity contribution is 5.80. The fourth-order valence-corrected chi connectivity index (χ4v) is 4.30. The zero-order chi connectivity index (χ0) is 23.9. The quantitative estimate of drug-likeness (QED) is 0.268. The molecule has 7 rings (SSSR count). The van der Waals surface area contributed by atoms with Crippen LogP contribution in [-0.4, -0.2) is 19.9 Å². The molecule has 0 bridgehead atoms. The summed E-state index contributed by atoms with van der Waals surface area (Å²) in [6, 6.07) is 27.8. The third-order valence-corrected chi connectivity index (χ3v) is 6.09. The molecule has 0 spiro atoms. The van der Waals surface area contributed by atoms with Crippen molar-refractivity contribution in [2.75, 3.05) is 0 Å². The Balaban J connectivity index is 1.24. The molecule has 0 unspecified atom stereocenters. The van der Waals surface area contributed by atoms with Gasteiger partial charge in [-0.05, 0) is 53.6 Å². The van der Waals surface area contributed by atoms with Gasteiger partial charge in [0, 0.05) is 35.9 Å². The first-order chi connectivity index (χ1) is 17.8. The Bertz CT molecular complexity index is 1670. The van der Waals surface area contributed by atoms with Gasteiger partial charge in [-0.1, -0.05) is 42.5 Å². The first-order valence-corrected chi connectivity index (χ1v) is 11.5. The van der Waals surface area contributed by atoms with Crippen molar-refractivity contribution in [3.05, 3.63) is 110 Å². The number of nitrogens with zero attached hydrogens (tertiary/aromatic N) is 4. The molecule has 0 aliphatic heterocycles. The van der Waals surface area contributed by atoms with Gasteiger partial charge in [0.1, 0.15) is 11.0 Å². The SMILES string of the molecule is c1cc(-c2cncc(-c3nc4ccccc4o3)c2)cc(-c2cncc(-c3nc4ccccc4o3)c2)c1. The van der Waals surface area contributed by atoms with Gasteiger partial charge in [-0.25, -0.2) is 9.97 Å². The normalized spacial score (nSPS) is 11.3. The lowest BCUT2D eigenvalue weighted by Gasteiger charge is -2.07. The van der Waals surface area contributed by atoms with Gasteiger partial charge in [-0.3, -0.25) is 9.97 Å². The number of rotatable bonds is 4. The molecule has 170 valence electrons. The number of aromatic nitrogens is 4. The maximum absolute atomic E-state index is 5.94. The second kappa shape index (κ2) is 8.29. The topological polar surface area (TPSA) is 77.8 Å². The lowest BCUT2D eigenvalue weighted by molar-refractivity contribution is 0.619. The Morgan fingerprint density at radius 2 is 0.861 bits per heavy atom. The summed E-state index contributed by atoms with van der Waals surface area (Å²) >= 11 is 0. The molecule has 0 saturated carbocycles. The standard InChI is InChI=1S/C30H18N4O2/c1-3-10-27-25(8-1)33-29(35-27)23-13-21(15-31-17-23)19-6-5-7-20(12-19)22-14-24(18-32-16-22)30-34-26-9-2-4-11-28(26)36-30/h1-18H. The Morgan fingerprint density at radius 3 is 1.36 bits per heavy atom. The zero-order valence-electron chi connectivity index (χ0n) is 19.0. The molecular weight excluding hydrogens is 448 g/mol. The molecule has 36 heavy (non-hydrogen) atoms. The van der Waals surface area contributed by atoms with Crippen LogP contribution in [0.25, 0.3) is 67.4 Å². The van der Waals surface area contributed by atoms with E-state index in [2.05, 4.69) is 38.1 Å². The number of oxazole rings is 2. The van der Waals surface area contributed by atoms with E-state index in [0.717, 1.165) is 55.6 Å². The largest absolute Gasteiger partial charge is 0.436 e. The van der Waals surface area contributed by atoms with Gasteiger partial charge >= 0.3 is 0 Å². The Kier molecular flexibility index (Phi) is 4.67. The summed E-state index contributed by atoms with van der Waals surface area (Å²) in [7, 11) is 0. The molecule has 0 saturated heterocycles. The molecule has 0 aliphatic rings. The van der Waals surface area contributed by atoms with Crippen LogP contribution in [0.5, 0.6) is 0 Å². The monoisotopic (exact) mass is 466 g/mol. The molecule has 7 aromatic rings. The van der Waals surface area contributed by atoms with Crippen LogP contribution in [0.15, 0.2) is 119 Å². The van der Waals surface area contributed by atoms with Crippen LogP contribution in [0.2, 0.25) is 0 Å². The summed E-state index contributed by atoms with van der Waals surface area (Å²) in [6.45, 7) is 0. The minimum Gasteiger partial charge on any atom is -0.436 e. The van der Waals surface area contributed by atoms with Gasteiger partial charge in [0.2, 0.25) is 11.8 Å². The second-order valence-corrected chi connectivity index (χ2v) is 8.48. The molecular formula is C30H18N4O2. The number of fused-ring (bicyclic) bond motifs is 2. The van der Waals surface area contributed by atoms with Gasteiger partial charge in [0.15, 0.2) is 11.2 Å². The molecule has 0 aliphatic carbocycles. The van der Waals surface area contributed by atoms with E-state index in [1.54, 1.807) is 12.4 Å². The molecule has 6 heteroatoms. The molecule has 3 aromatic carbocycles. The third-order valence-electron chi connectivity index (χ3n) is 6.09. The van der Waals surface area contributed by atoms with Crippen molar-refractivity contribution in [3.63, 3.8) is 0 Å². The number of para-hydroxylation sites is 4. The third kappa shape index (κ3) is 3.61. The molecule has 0 atom stereocenters. The highest BCUT2D eigenvalue weighted by Crippen LogP contribution is 2.31. The van der Waals surface area contributed by atoms with Gasteiger partial charge in [-0.15, -0.1) is 0 Å². The summed E-state index contributed by atoms with van der Waals surface area (Å²) in [6.07, 6.45) is 7.23. The van der Waals surface area contributed by atoms with E-state index >= 15 is 0 Å². The minimum absolute atomic E-state index is 0.553. The predicted octanol–water partition coefficient (Wildman–Crippen LogP) is 7.43. The Hall–Kier alpha value is -5.10. The van der Waals surface area contributed by atoms with Crippen molar-refractivity contribution in [3.8, 4) is 45.2 Å². The summed E-state index contributed by atoms with van der Waals surface area (Å²) < 4.78 is 11.9. The first kappa shape index (κ1) is 20.3. The zero-order valence-corrected chi connectivity index (χ0v) is 19.0. The molecule has 4 aromatic heterocycles. The molecule has 0 amide bonds. The first-order valence-electron chi connectivity index (χ1n) is 11.5. The van der Waals surface area contributed by atoms with Crippen molar-refractivity contribution in [2.45, 2.75) is 0 Å². The van der Waals surface area contributed by atoms with Crippen molar-refractivity contribution in [1.82, 2.24) is 19.9 Å². The van der Waals surface area contributed by atoms with Crippen LogP contribution in [-0.2, 0) is 0 Å². The van der Waals surface area contributed by atoms with Crippen molar-refractivity contribution < 1.29 is 8.83 Å². The van der Waals surface area contributed by atoms with Gasteiger partial charge in [0.25, 0.3) is 0 Å². The van der Waals surface area contributed by atoms with E-state index in [1.807, 2.05) is 79.1 Å². The average Bonchev–Trinajstić information content (AvgIpc) is 3.58. The van der Waals surface area contributed by atoms with Crippen molar-refractivity contribution in [1.29, 1.82) is 0 Å².